The minimum absolute atomic E-state index is 0.541. The summed E-state index contributed by atoms with van der Waals surface area (Å²) in [6, 6.07) is 0. The van der Waals surface area contributed by atoms with Crippen LogP contribution in [0.2, 0.25) is 0 Å². The van der Waals surface area contributed by atoms with Crippen molar-refractivity contribution in [1.82, 2.24) is 0 Å². The van der Waals surface area contributed by atoms with Crippen LogP contribution in [0.3, 0.4) is 0 Å². The monoisotopic (exact) mass is 260 g/mol. The van der Waals surface area contributed by atoms with Gasteiger partial charge in [0, 0.05) is 0 Å². The van der Waals surface area contributed by atoms with Crippen molar-refractivity contribution in [3.05, 3.63) is 34.9 Å². The SMILES string of the molecule is CC(C)=CCC/C(C)=C/CCC1=CCC(C)(C)CC1. The zero-order chi connectivity index (χ0) is 14.3. The molecule has 0 aromatic rings. The minimum Gasteiger partial charge on any atom is -0.0856 e. The Labute approximate surface area is 120 Å². The van der Waals surface area contributed by atoms with Gasteiger partial charge in [0.05, 0.1) is 0 Å². The van der Waals surface area contributed by atoms with Crippen molar-refractivity contribution in [1.29, 1.82) is 0 Å². The summed E-state index contributed by atoms with van der Waals surface area (Å²) in [4.78, 5) is 0. The average molecular weight is 260 g/mol. The van der Waals surface area contributed by atoms with Crippen molar-refractivity contribution in [3.8, 4) is 0 Å². The van der Waals surface area contributed by atoms with Crippen LogP contribution in [0.4, 0.5) is 0 Å². The summed E-state index contributed by atoms with van der Waals surface area (Å²) in [6.07, 6.45) is 16.1. The topological polar surface area (TPSA) is 0 Å². The van der Waals surface area contributed by atoms with Crippen molar-refractivity contribution >= 4 is 0 Å². The fourth-order valence-corrected chi connectivity index (χ4v) is 2.55. The first kappa shape index (κ1) is 16.3. The predicted octanol–water partition coefficient (Wildman–Crippen LogP) is 6.60. The Morgan fingerprint density at radius 2 is 1.89 bits per heavy atom. The van der Waals surface area contributed by atoms with E-state index in [1.54, 1.807) is 11.1 Å². The lowest BCUT2D eigenvalue weighted by atomic mass is 9.77. The van der Waals surface area contributed by atoms with E-state index in [1.807, 2.05) is 0 Å². The lowest BCUT2D eigenvalue weighted by Gasteiger charge is -2.28. The molecule has 1 aliphatic carbocycles. The maximum Gasteiger partial charge on any atom is -0.0285 e. The van der Waals surface area contributed by atoms with Gasteiger partial charge in [0.2, 0.25) is 0 Å². The van der Waals surface area contributed by atoms with E-state index in [2.05, 4.69) is 52.8 Å². The Morgan fingerprint density at radius 1 is 1.16 bits per heavy atom. The van der Waals surface area contributed by atoms with Gasteiger partial charge in [0.25, 0.3) is 0 Å². The van der Waals surface area contributed by atoms with Crippen molar-refractivity contribution in [2.75, 3.05) is 0 Å². The molecule has 0 heteroatoms. The van der Waals surface area contributed by atoms with E-state index in [0.717, 1.165) is 0 Å². The van der Waals surface area contributed by atoms with Gasteiger partial charge in [0.15, 0.2) is 0 Å². The van der Waals surface area contributed by atoms with Gasteiger partial charge >= 0.3 is 0 Å². The van der Waals surface area contributed by atoms with Gasteiger partial charge in [-0.3, -0.25) is 0 Å². The highest BCUT2D eigenvalue weighted by Gasteiger charge is 2.20. The molecule has 0 aromatic carbocycles. The van der Waals surface area contributed by atoms with Crippen LogP contribution in [0.15, 0.2) is 34.9 Å². The molecule has 0 saturated carbocycles. The molecule has 1 aliphatic rings. The molecule has 19 heavy (non-hydrogen) atoms. The molecule has 0 heterocycles. The molecule has 108 valence electrons. The summed E-state index contributed by atoms with van der Waals surface area (Å²) in [5.41, 5.74) is 5.21. The van der Waals surface area contributed by atoms with E-state index in [4.69, 9.17) is 0 Å². The Hall–Kier alpha value is -0.780. The molecular weight excluding hydrogens is 228 g/mol. The van der Waals surface area contributed by atoms with E-state index in [1.165, 1.54) is 50.5 Å². The average Bonchev–Trinajstić information content (AvgIpc) is 2.31. The molecule has 0 nitrogen and oxygen atoms in total. The van der Waals surface area contributed by atoms with Crippen LogP contribution in [-0.4, -0.2) is 0 Å². The standard InChI is InChI=1S/C19H32/c1-16(2)8-6-9-17(3)10-7-11-18-12-14-19(4,5)15-13-18/h8,10,12H,6-7,9,11,13-15H2,1-5H3/b17-10+. The van der Waals surface area contributed by atoms with E-state index in [0.29, 0.717) is 5.41 Å². The Balaban J connectivity index is 2.26. The Kier molecular flexibility index (Phi) is 6.62. The highest BCUT2D eigenvalue weighted by molar-refractivity contribution is 5.10. The van der Waals surface area contributed by atoms with Gasteiger partial charge in [-0.05, 0) is 71.1 Å². The second-order valence-electron chi connectivity index (χ2n) is 7.14. The molecule has 0 N–H and O–H groups in total. The zero-order valence-corrected chi connectivity index (χ0v) is 13.7. The maximum absolute atomic E-state index is 2.50. The minimum atomic E-state index is 0.541. The molecule has 0 atom stereocenters. The highest BCUT2D eigenvalue weighted by atomic mass is 14.3. The zero-order valence-electron chi connectivity index (χ0n) is 13.7. The summed E-state index contributed by atoms with van der Waals surface area (Å²) in [6.45, 7) is 11.4. The molecule has 0 saturated heterocycles. The summed E-state index contributed by atoms with van der Waals surface area (Å²) in [5, 5.41) is 0. The summed E-state index contributed by atoms with van der Waals surface area (Å²) < 4.78 is 0. The Bertz CT molecular complexity index is 359. The second kappa shape index (κ2) is 7.72. The fourth-order valence-electron chi connectivity index (χ4n) is 2.55. The van der Waals surface area contributed by atoms with Crippen molar-refractivity contribution in [2.24, 2.45) is 5.41 Å². The molecule has 0 aliphatic heterocycles. The predicted molar refractivity (Wildman–Crippen MR) is 87.4 cm³/mol. The number of hydrogen-bond donors (Lipinski definition) is 0. The van der Waals surface area contributed by atoms with Crippen LogP contribution in [0.25, 0.3) is 0 Å². The highest BCUT2D eigenvalue weighted by Crippen LogP contribution is 2.35. The van der Waals surface area contributed by atoms with Crippen LogP contribution >= 0.6 is 0 Å². The van der Waals surface area contributed by atoms with E-state index in [-0.39, 0.29) is 0 Å². The molecule has 0 bridgehead atoms. The molecule has 0 radical (unpaired) electrons. The molecule has 0 unspecified atom stereocenters. The third-order valence-corrected chi connectivity index (χ3v) is 4.12. The van der Waals surface area contributed by atoms with Crippen LogP contribution in [0.1, 0.15) is 79.6 Å². The molecule has 1 rings (SSSR count). The summed E-state index contributed by atoms with van der Waals surface area (Å²) >= 11 is 0. The largest absolute Gasteiger partial charge is 0.0856 e. The van der Waals surface area contributed by atoms with Gasteiger partial charge in [-0.15, -0.1) is 0 Å². The summed E-state index contributed by atoms with van der Waals surface area (Å²) in [5.74, 6) is 0. The van der Waals surface area contributed by atoms with Gasteiger partial charge < -0.3 is 0 Å². The first-order valence-corrected chi connectivity index (χ1v) is 7.86. The third-order valence-electron chi connectivity index (χ3n) is 4.12. The lowest BCUT2D eigenvalue weighted by molar-refractivity contribution is 0.322. The van der Waals surface area contributed by atoms with Crippen molar-refractivity contribution < 1.29 is 0 Å². The molecular formula is C19H32. The number of rotatable bonds is 6. The van der Waals surface area contributed by atoms with E-state index in [9.17, 15) is 0 Å². The lowest BCUT2D eigenvalue weighted by Crippen LogP contribution is -2.14. The molecule has 0 amide bonds. The first-order valence-electron chi connectivity index (χ1n) is 7.86. The van der Waals surface area contributed by atoms with E-state index < -0.39 is 0 Å². The van der Waals surface area contributed by atoms with Gasteiger partial charge in [-0.1, -0.05) is 48.8 Å². The van der Waals surface area contributed by atoms with Crippen LogP contribution in [0, 0.1) is 5.41 Å². The smallest absolute Gasteiger partial charge is 0.0285 e. The Morgan fingerprint density at radius 3 is 2.47 bits per heavy atom. The summed E-state index contributed by atoms with van der Waals surface area (Å²) in [7, 11) is 0. The molecule has 0 aromatic heterocycles. The molecule has 0 spiro atoms. The van der Waals surface area contributed by atoms with Crippen LogP contribution < -0.4 is 0 Å². The van der Waals surface area contributed by atoms with Crippen LogP contribution in [-0.2, 0) is 0 Å². The molecule has 0 fully saturated rings. The second-order valence-corrected chi connectivity index (χ2v) is 7.14. The van der Waals surface area contributed by atoms with Crippen LogP contribution in [0.5, 0.6) is 0 Å². The maximum atomic E-state index is 2.50. The van der Waals surface area contributed by atoms with Crippen molar-refractivity contribution in [2.45, 2.75) is 79.6 Å². The van der Waals surface area contributed by atoms with Gasteiger partial charge in [0.1, 0.15) is 0 Å². The number of allylic oxidation sites excluding steroid dienone is 6. The third kappa shape index (κ3) is 7.40. The van der Waals surface area contributed by atoms with Crippen molar-refractivity contribution in [3.63, 3.8) is 0 Å². The quantitative estimate of drug-likeness (QED) is 0.472. The first-order chi connectivity index (χ1) is 8.89. The number of hydrogen-bond acceptors (Lipinski definition) is 0. The van der Waals surface area contributed by atoms with Gasteiger partial charge in [-0.2, -0.15) is 0 Å². The van der Waals surface area contributed by atoms with E-state index >= 15 is 0 Å². The van der Waals surface area contributed by atoms with Gasteiger partial charge in [-0.25, -0.2) is 0 Å². The fraction of sp³-hybridized carbons (Fsp3) is 0.684. The normalized spacial score (nSPS) is 19.0.